The van der Waals surface area contributed by atoms with Crippen LogP contribution < -0.4 is 16.0 Å². The van der Waals surface area contributed by atoms with E-state index in [4.69, 9.17) is 9.47 Å². The summed E-state index contributed by atoms with van der Waals surface area (Å²) >= 11 is 0. The summed E-state index contributed by atoms with van der Waals surface area (Å²) in [5, 5.41) is 9.37. The third-order valence-corrected chi connectivity index (χ3v) is 3.41. The van der Waals surface area contributed by atoms with Crippen molar-refractivity contribution in [2.75, 3.05) is 53.1 Å². The average molecular weight is 328 g/mol. The van der Waals surface area contributed by atoms with Crippen LogP contribution in [0.4, 0.5) is 0 Å². The number of unbranched alkanes of at least 4 members (excludes halogenated alkanes) is 1. The Morgan fingerprint density at radius 1 is 1.09 bits per heavy atom. The van der Waals surface area contributed by atoms with Crippen molar-refractivity contribution >= 4 is 11.9 Å². The number of nitrogens with one attached hydrogen (secondary N) is 3. The van der Waals surface area contributed by atoms with E-state index >= 15 is 0 Å². The van der Waals surface area contributed by atoms with E-state index in [1.54, 1.807) is 7.11 Å². The molecule has 1 aliphatic rings. The van der Waals surface area contributed by atoms with Crippen molar-refractivity contribution in [1.82, 2.24) is 16.0 Å². The van der Waals surface area contributed by atoms with Crippen LogP contribution in [0.3, 0.4) is 0 Å². The van der Waals surface area contributed by atoms with Crippen LogP contribution in [0.25, 0.3) is 0 Å². The maximum Gasteiger partial charge on any atom is 0.223 e. The molecule has 0 heterocycles. The lowest BCUT2D eigenvalue weighted by molar-refractivity contribution is -0.122. The third kappa shape index (κ3) is 10.9. The minimum Gasteiger partial charge on any atom is -0.382 e. The van der Waals surface area contributed by atoms with Crippen molar-refractivity contribution in [3.8, 4) is 0 Å². The minimum absolute atomic E-state index is 0.183. The van der Waals surface area contributed by atoms with Crippen LogP contribution in [-0.2, 0) is 14.3 Å². The summed E-state index contributed by atoms with van der Waals surface area (Å²) < 4.78 is 10.3. The average Bonchev–Trinajstić information content (AvgIpc) is 3.38. The van der Waals surface area contributed by atoms with E-state index in [2.05, 4.69) is 20.9 Å². The Hall–Kier alpha value is -1.34. The predicted octanol–water partition coefficient (Wildman–Crippen LogP) is 0.511. The molecular formula is C16H32N4O3. The van der Waals surface area contributed by atoms with Crippen molar-refractivity contribution in [1.29, 1.82) is 0 Å². The van der Waals surface area contributed by atoms with Gasteiger partial charge in [0.05, 0.1) is 13.2 Å². The number of nitrogens with zero attached hydrogens (tertiary/aromatic N) is 1. The van der Waals surface area contributed by atoms with Crippen LogP contribution in [0.2, 0.25) is 0 Å². The molecule has 3 N–H and O–H groups in total. The summed E-state index contributed by atoms with van der Waals surface area (Å²) in [4.78, 5) is 16.0. The molecule has 0 saturated heterocycles. The van der Waals surface area contributed by atoms with Gasteiger partial charge >= 0.3 is 0 Å². The molecule has 0 bridgehead atoms. The molecule has 7 heteroatoms. The van der Waals surface area contributed by atoms with Gasteiger partial charge in [-0.2, -0.15) is 0 Å². The largest absolute Gasteiger partial charge is 0.382 e. The van der Waals surface area contributed by atoms with E-state index in [1.807, 2.05) is 6.92 Å². The molecule has 0 spiro atoms. The van der Waals surface area contributed by atoms with Gasteiger partial charge in [-0.25, -0.2) is 0 Å². The number of ether oxygens (including phenoxy) is 2. The zero-order valence-corrected chi connectivity index (χ0v) is 14.5. The lowest BCUT2D eigenvalue weighted by Gasteiger charge is -2.11. The van der Waals surface area contributed by atoms with Crippen LogP contribution in [0.1, 0.15) is 32.6 Å². The zero-order valence-electron chi connectivity index (χ0n) is 14.5. The molecule has 0 aromatic rings. The summed E-state index contributed by atoms with van der Waals surface area (Å²) in [6, 6.07) is 0. The number of amides is 1. The standard InChI is InChI=1S/C16H32N4O3/c1-3-17-16(19-8-4-5-11-23-13-12-22-2)20-10-9-18-15(21)14-6-7-14/h14H,3-13H2,1-2H3,(H,18,21)(H2,17,19,20). The molecule has 0 atom stereocenters. The zero-order chi connectivity index (χ0) is 16.8. The monoisotopic (exact) mass is 328 g/mol. The van der Waals surface area contributed by atoms with Crippen molar-refractivity contribution in [3.63, 3.8) is 0 Å². The van der Waals surface area contributed by atoms with Gasteiger partial charge in [0.1, 0.15) is 0 Å². The third-order valence-electron chi connectivity index (χ3n) is 3.41. The number of methoxy groups -OCH3 is 1. The maximum absolute atomic E-state index is 11.5. The number of carbonyl (C=O) groups is 1. The Bertz CT molecular complexity index is 346. The smallest absolute Gasteiger partial charge is 0.223 e. The first kappa shape index (κ1) is 19.7. The lowest BCUT2D eigenvalue weighted by atomic mass is 10.3. The van der Waals surface area contributed by atoms with Gasteiger partial charge < -0.3 is 25.4 Å². The van der Waals surface area contributed by atoms with Crippen LogP contribution in [0, 0.1) is 5.92 Å². The molecule has 23 heavy (non-hydrogen) atoms. The summed E-state index contributed by atoms with van der Waals surface area (Å²) in [5.41, 5.74) is 0. The predicted molar refractivity (Wildman–Crippen MR) is 91.6 cm³/mol. The van der Waals surface area contributed by atoms with Crippen LogP contribution in [0.5, 0.6) is 0 Å². The SMILES string of the molecule is CCNC(=NCCCCOCCOC)NCCNC(=O)C1CC1. The molecule has 1 amide bonds. The summed E-state index contributed by atoms with van der Waals surface area (Å²) in [6.45, 7) is 6.97. The Labute approximate surface area is 139 Å². The van der Waals surface area contributed by atoms with E-state index < -0.39 is 0 Å². The normalized spacial score (nSPS) is 14.6. The Kier molecular flexibility index (Phi) is 11.3. The Balaban J connectivity index is 2.03. The Morgan fingerprint density at radius 2 is 1.87 bits per heavy atom. The van der Waals surface area contributed by atoms with Crippen molar-refractivity contribution < 1.29 is 14.3 Å². The molecule has 0 unspecified atom stereocenters. The fourth-order valence-electron chi connectivity index (χ4n) is 1.95. The minimum atomic E-state index is 0.183. The number of hydrogen-bond donors (Lipinski definition) is 3. The van der Waals surface area contributed by atoms with Gasteiger partial charge in [0.2, 0.25) is 5.91 Å². The van der Waals surface area contributed by atoms with Crippen LogP contribution in [-0.4, -0.2) is 65.0 Å². The highest BCUT2D eigenvalue weighted by molar-refractivity contribution is 5.81. The molecule has 1 rings (SSSR count). The van der Waals surface area contributed by atoms with Gasteiger partial charge in [-0.05, 0) is 32.6 Å². The molecular weight excluding hydrogens is 296 g/mol. The molecule has 0 aromatic carbocycles. The molecule has 0 aromatic heterocycles. The lowest BCUT2D eigenvalue weighted by Crippen LogP contribution is -2.41. The van der Waals surface area contributed by atoms with Crippen LogP contribution in [0.15, 0.2) is 4.99 Å². The van der Waals surface area contributed by atoms with E-state index in [0.717, 1.165) is 51.3 Å². The summed E-state index contributed by atoms with van der Waals surface area (Å²) in [6.07, 6.45) is 4.06. The molecule has 134 valence electrons. The number of hydrogen-bond acceptors (Lipinski definition) is 4. The molecule has 1 fully saturated rings. The summed E-state index contributed by atoms with van der Waals surface area (Å²) in [7, 11) is 1.67. The van der Waals surface area contributed by atoms with Gasteiger partial charge in [-0.3, -0.25) is 9.79 Å². The number of rotatable bonds is 13. The van der Waals surface area contributed by atoms with E-state index in [9.17, 15) is 4.79 Å². The van der Waals surface area contributed by atoms with Crippen LogP contribution >= 0.6 is 0 Å². The van der Waals surface area contributed by atoms with E-state index in [-0.39, 0.29) is 11.8 Å². The molecule has 7 nitrogen and oxygen atoms in total. The van der Waals surface area contributed by atoms with Gasteiger partial charge in [-0.1, -0.05) is 0 Å². The number of guanidine groups is 1. The van der Waals surface area contributed by atoms with Gasteiger partial charge in [0.15, 0.2) is 5.96 Å². The van der Waals surface area contributed by atoms with Crippen molar-refractivity contribution in [2.45, 2.75) is 32.6 Å². The maximum atomic E-state index is 11.5. The van der Waals surface area contributed by atoms with Gasteiger partial charge in [0, 0.05) is 45.8 Å². The second-order valence-corrected chi connectivity index (χ2v) is 5.57. The second kappa shape index (κ2) is 13.1. The molecule has 1 saturated carbocycles. The highest BCUT2D eigenvalue weighted by atomic mass is 16.5. The fourth-order valence-corrected chi connectivity index (χ4v) is 1.95. The first-order valence-electron chi connectivity index (χ1n) is 8.64. The van der Waals surface area contributed by atoms with Crippen molar-refractivity contribution in [3.05, 3.63) is 0 Å². The first-order chi connectivity index (χ1) is 11.3. The van der Waals surface area contributed by atoms with E-state index in [0.29, 0.717) is 26.3 Å². The fraction of sp³-hybridized carbons (Fsp3) is 0.875. The van der Waals surface area contributed by atoms with E-state index in [1.165, 1.54) is 0 Å². The summed E-state index contributed by atoms with van der Waals surface area (Å²) in [5.74, 6) is 1.25. The number of aliphatic imine (C=N–C) groups is 1. The number of carbonyl (C=O) groups excluding carboxylic acids is 1. The second-order valence-electron chi connectivity index (χ2n) is 5.57. The highest BCUT2D eigenvalue weighted by Crippen LogP contribution is 2.28. The first-order valence-corrected chi connectivity index (χ1v) is 8.64. The van der Waals surface area contributed by atoms with Gasteiger partial charge in [0.25, 0.3) is 0 Å². The van der Waals surface area contributed by atoms with Gasteiger partial charge in [-0.15, -0.1) is 0 Å². The molecule has 1 aliphatic carbocycles. The van der Waals surface area contributed by atoms with Crippen molar-refractivity contribution in [2.24, 2.45) is 10.9 Å². The quantitative estimate of drug-likeness (QED) is 0.261. The molecule has 0 radical (unpaired) electrons. The molecule has 0 aliphatic heterocycles. The highest BCUT2D eigenvalue weighted by Gasteiger charge is 2.28. The Morgan fingerprint density at radius 3 is 2.57 bits per heavy atom. The topological polar surface area (TPSA) is 84.0 Å².